The molecule has 1 radical (unpaired) electrons. The van der Waals surface area contributed by atoms with E-state index in [0.717, 1.165) is 24.6 Å². The number of nitrogens with two attached hydrogens (primary N) is 1. The number of carbonyl (C=O) groups excluding carboxylic acids is 8. The number of rotatable bonds is 47. The zero-order valence-electron chi connectivity index (χ0n) is 45.4. The first kappa shape index (κ1) is 76.7. The van der Waals surface area contributed by atoms with Crippen LogP contribution in [0.2, 0.25) is 0 Å². The van der Waals surface area contributed by atoms with Crippen molar-refractivity contribution in [1.29, 1.82) is 0 Å². The van der Waals surface area contributed by atoms with Crippen LogP contribution < -0.4 is 27.0 Å². The third-order valence-electron chi connectivity index (χ3n) is 11.9. The molecule has 11 N–H and O–H groups in total. The van der Waals surface area contributed by atoms with Crippen molar-refractivity contribution in [2.75, 3.05) is 84.1 Å². The molecule has 0 unspecified atom stereocenters. The van der Waals surface area contributed by atoms with E-state index in [1.54, 1.807) is 6.92 Å². The van der Waals surface area contributed by atoms with Gasteiger partial charge in [0.05, 0.1) is 57.4 Å². The molecule has 0 aromatic carbocycles. The van der Waals surface area contributed by atoms with Crippen molar-refractivity contribution >= 4 is 82.9 Å². The predicted molar refractivity (Wildman–Crippen MR) is 281 cm³/mol. The summed E-state index contributed by atoms with van der Waals surface area (Å²) in [6.07, 6.45) is 5.93. The molecule has 1 aliphatic carbocycles. The Kier molecular flexibility index (Phi) is 47.0. The van der Waals surface area contributed by atoms with Gasteiger partial charge in [0.15, 0.2) is 0 Å². The van der Waals surface area contributed by atoms with Gasteiger partial charge in [0.2, 0.25) is 23.6 Å². The van der Waals surface area contributed by atoms with Gasteiger partial charge in [0.1, 0.15) is 48.9 Å². The molecule has 1 fully saturated rings. The minimum Gasteiger partial charge on any atom is -0.481 e. The molecule has 28 heteroatoms. The van der Waals surface area contributed by atoms with Gasteiger partial charge in [-0.3, -0.25) is 38.4 Å². The fraction of sp³-hybridized carbons (Fsp3) is 0.745. The van der Waals surface area contributed by atoms with Gasteiger partial charge in [-0.05, 0) is 89.2 Å². The van der Waals surface area contributed by atoms with Gasteiger partial charge in [-0.25, -0.2) is 9.59 Å². The molecule has 0 spiro atoms. The molecule has 449 valence electrons. The van der Waals surface area contributed by atoms with Gasteiger partial charge in [-0.1, -0.05) is 0 Å². The first-order valence-corrected chi connectivity index (χ1v) is 27.4. The topological polar surface area (TPSA) is 417 Å². The van der Waals surface area contributed by atoms with Crippen LogP contribution in [0.15, 0.2) is 0 Å². The van der Waals surface area contributed by atoms with E-state index in [1.165, 1.54) is 0 Å². The number of ketones is 3. The number of hydrogen-bond acceptors (Lipinski definition) is 19. The third-order valence-corrected chi connectivity index (χ3v) is 13.0. The van der Waals surface area contributed by atoms with Gasteiger partial charge in [0.25, 0.3) is 0 Å². The molecule has 1 rings (SSSR count). The Bertz CT molecular complexity index is 1860. The fourth-order valence-corrected chi connectivity index (χ4v) is 8.22. The van der Waals surface area contributed by atoms with Crippen LogP contribution in [0.3, 0.4) is 0 Å². The normalized spacial score (nSPS) is 15.6. The zero-order valence-corrected chi connectivity index (χ0v) is 49.0. The Morgan fingerprint density at radius 3 is 1.78 bits per heavy atom. The Balaban J connectivity index is 0. The number of amides is 4. The van der Waals surface area contributed by atoms with Crippen molar-refractivity contribution in [3.63, 3.8) is 0 Å². The summed E-state index contributed by atoms with van der Waals surface area (Å²) in [6.45, 7) is 5.25. The number of aldehydes is 1. The molecule has 4 amide bonds. The largest absolute Gasteiger partial charge is 0.481 e. The van der Waals surface area contributed by atoms with Crippen molar-refractivity contribution in [3.05, 3.63) is 6.92 Å². The molecule has 1 aliphatic rings. The molecular formula is C51H84N5O21SY-. The quantitative estimate of drug-likeness (QED) is 0.0225. The van der Waals surface area contributed by atoms with Crippen LogP contribution in [-0.4, -0.2) is 199 Å². The Labute approximate surface area is 490 Å². The predicted octanol–water partition coefficient (Wildman–Crippen LogP) is 0.500. The van der Waals surface area contributed by atoms with Gasteiger partial charge in [-0.15, -0.1) is 5.92 Å². The maximum absolute atomic E-state index is 12.8. The van der Waals surface area contributed by atoms with E-state index in [4.69, 9.17) is 40.0 Å². The standard InChI is InChI=1S/C48H77N4O20S.C3H7NO.Y/c1-32(40(56)26-35(27-53)46(63)64)30-73-31-43(59)49-18-3-2-8-38(47(65)66)51-42(58)29-72-25-23-70-21-19-50-41(57)28-71-24-22-69-20-5-7-37(55)16-17-39(48(67)68)52-45(62)34-13-10-33(11-14-34)12-15-36(54)6-4-9-44(60)61;1-3(4)2-5;/h32-35,38-39,53H,1-31H2,(H,49,59)(H,50,57)(H,51,58)(H,52,62)(H,60,61)(H,63,64)(H,65,66)(H,67,68);2-3H,4H2,1H3;/q-1;;/t32-,33?,34?,35-,38-,39+;3-;/m00./s1. The van der Waals surface area contributed by atoms with E-state index in [-0.39, 0.29) is 190 Å². The number of hydrogen-bond donors (Lipinski definition) is 10. The number of aliphatic hydroxyl groups is 1. The van der Waals surface area contributed by atoms with Crippen molar-refractivity contribution < 1.29 is 135 Å². The number of ether oxygens (including phenoxy) is 4. The number of aliphatic hydroxyl groups excluding tert-OH is 1. The maximum atomic E-state index is 12.8. The van der Waals surface area contributed by atoms with E-state index >= 15 is 0 Å². The van der Waals surface area contributed by atoms with Crippen LogP contribution >= 0.6 is 11.8 Å². The van der Waals surface area contributed by atoms with Crippen molar-refractivity contribution in [3.8, 4) is 0 Å². The maximum Gasteiger partial charge on any atom is 0.326 e. The van der Waals surface area contributed by atoms with Crippen molar-refractivity contribution in [2.45, 2.75) is 134 Å². The number of nitrogens with one attached hydrogen (secondary N) is 4. The average Bonchev–Trinajstić information content (AvgIpc) is 3.39. The van der Waals surface area contributed by atoms with Gasteiger partial charge in [0, 0.05) is 96.8 Å². The first-order valence-electron chi connectivity index (χ1n) is 26.2. The summed E-state index contributed by atoms with van der Waals surface area (Å²) in [4.78, 5) is 140. The summed E-state index contributed by atoms with van der Waals surface area (Å²) in [5.74, 6) is -8.72. The van der Waals surface area contributed by atoms with Crippen LogP contribution in [0.25, 0.3) is 0 Å². The van der Waals surface area contributed by atoms with E-state index < -0.39 is 78.6 Å². The zero-order chi connectivity index (χ0) is 58.7. The van der Waals surface area contributed by atoms with E-state index in [9.17, 15) is 67.7 Å². The van der Waals surface area contributed by atoms with Gasteiger partial charge >= 0.3 is 23.9 Å². The second-order valence-corrected chi connectivity index (χ2v) is 19.7. The molecule has 0 aromatic rings. The molecule has 0 bridgehead atoms. The summed E-state index contributed by atoms with van der Waals surface area (Å²) in [5.41, 5.74) is 4.92. The minimum atomic E-state index is -1.28. The first-order chi connectivity index (χ1) is 37.1. The number of carbonyl (C=O) groups is 12. The number of aliphatic carboxylic acids is 4. The van der Waals surface area contributed by atoms with Gasteiger partial charge in [-0.2, -0.15) is 11.8 Å². The molecule has 26 nitrogen and oxygen atoms in total. The molecular weight excluding hydrogens is 1140 g/mol. The second-order valence-electron chi connectivity index (χ2n) is 18.7. The number of unbranched alkanes of at least 4 members (excludes halogenated alkanes) is 1. The molecule has 1 saturated carbocycles. The van der Waals surface area contributed by atoms with Gasteiger partial charge < -0.3 is 88.0 Å². The smallest absolute Gasteiger partial charge is 0.326 e. The molecule has 0 heterocycles. The van der Waals surface area contributed by atoms with Crippen LogP contribution in [-0.2, 0) is 109 Å². The van der Waals surface area contributed by atoms with Crippen molar-refractivity contribution in [2.24, 2.45) is 29.4 Å². The summed E-state index contributed by atoms with van der Waals surface area (Å²) in [5, 5.41) is 56.1. The number of Topliss-reactive ketones (excluding diaryl/α,β-unsaturated/α-hetero) is 3. The minimum absolute atomic E-state index is 0. The molecule has 0 aliphatic heterocycles. The summed E-state index contributed by atoms with van der Waals surface area (Å²) in [7, 11) is 0. The number of carboxylic acid groups (broad SMARTS) is 4. The van der Waals surface area contributed by atoms with Crippen molar-refractivity contribution in [1.82, 2.24) is 21.3 Å². The molecule has 5 atom stereocenters. The SMILES string of the molecule is C[C@H](N)C=O.[CH2-][C@@H](CSCC(=O)NCCCC[C@H](NC(=O)COCCOCCNC(=O)COCCOCCCC(=O)CC[C@@H](NC(=O)C1CCC(CCC(=O)CCCC(=O)O)CC1)C(=O)O)C(=O)O)C(=O)C[C@@H](CO)C(=O)O.[Y]. The summed E-state index contributed by atoms with van der Waals surface area (Å²) in [6, 6.07) is -2.66. The van der Waals surface area contributed by atoms with Crippen LogP contribution in [0, 0.1) is 30.6 Å². The summed E-state index contributed by atoms with van der Waals surface area (Å²) < 4.78 is 21.3. The van der Waals surface area contributed by atoms with Crippen LogP contribution in [0.4, 0.5) is 0 Å². The number of carboxylic acids is 4. The van der Waals surface area contributed by atoms with E-state index in [0.29, 0.717) is 57.7 Å². The van der Waals surface area contributed by atoms with E-state index in [1.807, 2.05) is 0 Å². The molecule has 79 heavy (non-hydrogen) atoms. The Hall–Kier alpha value is -4.35. The fourth-order valence-electron chi connectivity index (χ4n) is 7.34. The number of thioether (sulfide) groups is 1. The third kappa shape index (κ3) is 43.1. The monoisotopic (exact) mass is 1220 g/mol. The Morgan fingerprint density at radius 2 is 1.20 bits per heavy atom. The average molecular weight is 1220 g/mol. The van der Waals surface area contributed by atoms with Crippen LogP contribution in [0.5, 0.6) is 0 Å². The molecule has 0 aromatic heterocycles. The Morgan fingerprint density at radius 1 is 0.646 bits per heavy atom. The van der Waals surface area contributed by atoms with Crippen LogP contribution in [0.1, 0.15) is 116 Å². The molecule has 0 saturated heterocycles. The van der Waals surface area contributed by atoms with E-state index in [2.05, 4.69) is 28.2 Å². The second kappa shape index (κ2) is 48.4. The summed E-state index contributed by atoms with van der Waals surface area (Å²) >= 11 is 1.14.